The number of benzene rings is 1. The minimum atomic E-state index is -0.691. The molecule has 0 radical (unpaired) electrons. The van der Waals surface area contributed by atoms with Crippen LogP contribution in [0.1, 0.15) is 37.9 Å². The summed E-state index contributed by atoms with van der Waals surface area (Å²) in [7, 11) is 0. The molecule has 1 fully saturated rings. The van der Waals surface area contributed by atoms with Gasteiger partial charge in [-0.2, -0.15) is 0 Å². The molecule has 21 heavy (non-hydrogen) atoms. The molecular weight excluding hydrogens is 309 g/mol. The summed E-state index contributed by atoms with van der Waals surface area (Å²) in [4.78, 5) is 0. The van der Waals surface area contributed by atoms with Crippen molar-refractivity contribution in [3.63, 3.8) is 0 Å². The molecule has 2 rings (SSSR count). The Balaban J connectivity index is 1.81. The maximum atomic E-state index is 10.3. The Hall–Kier alpha value is -0.320. The van der Waals surface area contributed by atoms with Crippen molar-refractivity contribution in [3.05, 3.63) is 33.8 Å². The Kier molecular flexibility index (Phi) is 6.77. The lowest BCUT2D eigenvalue weighted by Gasteiger charge is -2.26. The Labute approximate surface area is 136 Å². The molecule has 1 aromatic rings. The molecule has 1 aliphatic rings. The van der Waals surface area contributed by atoms with Gasteiger partial charge in [0.15, 0.2) is 0 Å². The van der Waals surface area contributed by atoms with Crippen LogP contribution in [-0.2, 0) is 4.74 Å². The molecule has 1 aliphatic heterocycles. The van der Waals surface area contributed by atoms with Gasteiger partial charge >= 0.3 is 0 Å². The molecule has 0 spiro atoms. The van der Waals surface area contributed by atoms with Crippen molar-refractivity contribution >= 4 is 23.2 Å². The van der Waals surface area contributed by atoms with Crippen LogP contribution < -0.4 is 5.32 Å². The van der Waals surface area contributed by atoms with Gasteiger partial charge in [-0.3, -0.25) is 0 Å². The maximum Gasteiger partial charge on any atom is 0.0943 e. The fourth-order valence-corrected chi connectivity index (χ4v) is 3.46. The second kappa shape index (κ2) is 8.35. The molecule has 3 nitrogen and oxygen atoms in total. The van der Waals surface area contributed by atoms with Crippen LogP contribution in [0, 0.1) is 5.92 Å². The van der Waals surface area contributed by atoms with Crippen molar-refractivity contribution in [1.82, 2.24) is 5.32 Å². The fourth-order valence-electron chi connectivity index (χ4n) is 2.81. The SMILES string of the molecule is CC(CC1CCOCC1)NCC(O)c1c(Cl)cccc1Cl. The Bertz CT molecular complexity index is 430. The van der Waals surface area contributed by atoms with Crippen molar-refractivity contribution in [3.8, 4) is 0 Å². The van der Waals surface area contributed by atoms with Crippen LogP contribution in [0.5, 0.6) is 0 Å². The summed E-state index contributed by atoms with van der Waals surface area (Å²) >= 11 is 12.2. The van der Waals surface area contributed by atoms with Gasteiger partial charge in [-0.1, -0.05) is 29.3 Å². The number of halogens is 2. The number of nitrogens with one attached hydrogen (secondary N) is 1. The summed E-state index contributed by atoms with van der Waals surface area (Å²) in [5.74, 6) is 0.710. The van der Waals surface area contributed by atoms with E-state index in [4.69, 9.17) is 27.9 Å². The number of aliphatic hydroxyl groups is 1. The summed E-state index contributed by atoms with van der Waals surface area (Å²) in [6.45, 7) is 4.34. The normalized spacial score (nSPS) is 19.4. The molecule has 1 heterocycles. The molecule has 0 saturated carbocycles. The van der Waals surface area contributed by atoms with Gasteiger partial charge in [-0.05, 0) is 44.2 Å². The van der Waals surface area contributed by atoms with Gasteiger partial charge in [0.05, 0.1) is 6.10 Å². The maximum absolute atomic E-state index is 10.3. The van der Waals surface area contributed by atoms with Gasteiger partial charge in [0.1, 0.15) is 0 Å². The minimum absolute atomic E-state index is 0.351. The molecule has 0 aromatic heterocycles. The predicted molar refractivity (Wildman–Crippen MR) is 87.0 cm³/mol. The van der Waals surface area contributed by atoms with Crippen LogP contribution in [0.2, 0.25) is 10.0 Å². The molecule has 1 saturated heterocycles. The van der Waals surface area contributed by atoms with E-state index >= 15 is 0 Å². The summed E-state index contributed by atoms with van der Waals surface area (Å²) in [5, 5.41) is 14.7. The van der Waals surface area contributed by atoms with Gasteiger partial charge in [-0.25, -0.2) is 0 Å². The third kappa shape index (κ3) is 5.11. The lowest BCUT2D eigenvalue weighted by atomic mass is 9.93. The second-order valence-electron chi connectivity index (χ2n) is 5.75. The van der Waals surface area contributed by atoms with Gasteiger partial charge in [0, 0.05) is 41.4 Å². The van der Waals surface area contributed by atoms with Crippen LogP contribution in [0.3, 0.4) is 0 Å². The minimum Gasteiger partial charge on any atom is -0.387 e. The molecule has 2 N–H and O–H groups in total. The topological polar surface area (TPSA) is 41.5 Å². The zero-order valence-electron chi connectivity index (χ0n) is 12.3. The Morgan fingerprint density at radius 3 is 2.52 bits per heavy atom. The van der Waals surface area contributed by atoms with Crippen LogP contribution in [0.4, 0.5) is 0 Å². The molecule has 5 heteroatoms. The van der Waals surface area contributed by atoms with Crippen molar-refractivity contribution in [1.29, 1.82) is 0 Å². The highest BCUT2D eigenvalue weighted by molar-refractivity contribution is 6.36. The first-order valence-corrected chi connectivity index (χ1v) is 8.26. The largest absolute Gasteiger partial charge is 0.387 e. The molecule has 118 valence electrons. The monoisotopic (exact) mass is 331 g/mol. The van der Waals surface area contributed by atoms with Gasteiger partial charge in [0.2, 0.25) is 0 Å². The smallest absolute Gasteiger partial charge is 0.0943 e. The number of hydrogen-bond acceptors (Lipinski definition) is 3. The molecule has 2 unspecified atom stereocenters. The quantitative estimate of drug-likeness (QED) is 0.832. The van der Waals surface area contributed by atoms with Gasteiger partial charge < -0.3 is 15.2 Å². The van der Waals surface area contributed by atoms with Crippen LogP contribution in [0.15, 0.2) is 18.2 Å². The zero-order chi connectivity index (χ0) is 15.2. The van der Waals surface area contributed by atoms with Crippen molar-refractivity contribution in [2.24, 2.45) is 5.92 Å². The van der Waals surface area contributed by atoms with E-state index in [0.29, 0.717) is 34.1 Å². The summed E-state index contributed by atoms with van der Waals surface area (Å²) in [6, 6.07) is 5.63. The van der Waals surface area contributed by atoms with E-state index in [1.807, 2.05) is 0 Å². The summed E-state index contributed by atoms with van der Waals surface area (Å²) in [6.07, 6.45) is 2.67. The molecule has 0 aliphatic carbocycles. The molecule has 2 atom stereocenters. The second-order valence-corrected chi connectivity index (χ2v) is 6.57. The molecule has 1 aromatic carbocycles. The van der Waals surface area contributed by atoms with Crippen molar-refractivity contribution in [2.45, 2.75) is 38.3 Å². The van der Waals surface area contributed by atoms with Crippen LogP contribution in [-0.4, -0.2) is 30.9 Å². The lowest BCUT2D eigenvalue weighted by molar-refractivity contribution is 0.0604. The third-order valence-corrected chi connectivity index (χ3v) is 4.68. The first kappa shape index (κ1) is 17.0. The average Bonchev–Trinajstić information content (AvgIpc) is 2.46. The zero-order valence-corrected chi connectivity index (χ0v) is 13.8. The number of ether oxygens (including phenoxy) is 1. The first-order chi connectivity index (χ1) is 10.1. The Morgan fingerprint density at radius 1 is 1.29 bits per heavy atom. The van der Waals surface area contributed by atoms with E-state index in [1.54, 1.807) is 18.2 Å². The van der Waals surface area contributed by atoms with Crippen molar-refractivity contribution < 1.29 is 9.84 Å². The highest BCUT2D eigenvalue weighted by Crippen LogP contribution is 2.30. The highest BCUT2D eigenvalue weighted by Gasteiger charge is 2.19. The number of rotatable bonds is 6. The van der Waals surface area contributed by atoms with E-state index in [0.717, 1.165) is 32.5 Å². The van der Waals surface area contributed by atoms with Crippen molar-refractivity contribution in [2.75, 3.05) is 19.8 Å². The fraction of sp³-hybridized carbons (Fsp3) is 0.625. The average molecular weight is 332 g/mol. The van der Waals surface area contributed by atoms with E-state index in [9.17, 15) is 5.11 Å². The van der Waals surface area contributed by atoms with E-state index in [1.165, 1.54) is 0 Å². The molecule has 0 bridgehead atoms. The standard InChI is InChI=1S/C16H23Cl2NO2/c1-11(9-12-5-7-21-8-6-12)19-10-15(20)16-13(17)3-2-4-14(16)18/h2-4,11-12,15,19-20H,5-10H2,1H3. The third-order valence-electron chi connectivity index (χ3n) is 4.02. The predicted octanol–water partition coefficient (Wildman–Crippen LogP) is 3.82. The van der Waals surface area contributed by atoms with Crippen LogP contribution in [0.25, 0.3) is 0 Å². The molecular formula is C16H23Cl2NO2. The summed E-state index contributed by atoms with van der Waals surface area (Å²) in [5.41, 5.74) is 0.603. The number of aliphatic hydroxyl groups excluding tert-OH is 1. The van der Waals surface area contributed by atoms with Gasteiger partial charge in [0.25, 0.3) is 0 Å². The van der Waals surface area contributed by atoms with Gasteiger partial charge in [-0.15, -0.1) is 0 Å². The highest BCUT2D eigenvalue weighted by atomic mass is 35.5. The Morgan fingerprint density at radius 2 is 1.90 bits per heavy atom. The van der Waals surface area contributed by atoms with E-state index in [-0.39, 0.29) is 0 Å². The molecule has 0 amide bonds. The van der Waals surface area contributed by atoms with E-state index in [2.05, 4.69) is 12.2 Å². The number of hydrogen-bond donors (Lipinski definition) is 2. The van der Waals surface area contributed by atoms with E-state index < -0.39 is 6.10 Å². The first-order valence-electron chi connectivity index (χ1n) is 7.51. The lowest BCUT2D eigenvalue weighted by Crippen LogP contribution is -2.33. The summed E-state index contributed by atoms with van der Waals surface area (Å²) < 4.78 is 5.37. The van der Waals surface area contributed by atoms with Crippen LogP contribution >= 0.6 is 23.2 Å².